The van der Waals surface area contributed by atoms with Gasteiger partial charge in [0.1, 0.15) is 11.4 Å². The van der Waals surface area contributed by atoms with Gasteiger partial charge in [0.2, 0.25) is 0 Å². The number of rotatable bonds is 5. The van der Waals surface area contributed by atoms with Gasteiger partial charge in [-0.3, -0.25) is 4.79 Å². The molecular weight excluding hydrogens is 390 g/mol. The molecule has 4 heteroatoms. The lowest BCUT2D eigenvalue weighted by Crippen LogP contribution is -2.41. The second-order valence-corrected chi connectivity index (χ2v) is 9.42. The van der Waals surface area contributed by atoms with E-state index in [0.717, 1.165) is 39.5 Å². The minimum atomic E-state index is -0.333. The van der Waals surface area contributed by atoms with Crippen molar-refractivity contribution < 1.29 is 9.53 Å². The molecule has 0 unspecified atom stereocenters. The summed E-state index contributed by atoms with van der Waals surface area (Å²) in [6, 6.07) is 24.3. The van der Waals surface area contributed by atoms with Crippen LogP contribution in [0.4, 0.5) is 0 Å². The molecule has 1 N–H and O–H groups in total. The first kappa shape index (κ1) is 20.5. The highest BCUT2D eigenvalue weighted by molar-refractivity contribution is 7.98. The van der Waals surface area contributed by atoms with Crippen molar-refractivity contribution in [2.24, 2.45) is 0 Å². The van der Waals surface area contributed by atoms with Crippen LogP contribution in [-0.4, -0.2) is 11.5 Å². The summed E-state index contributed by atoms with van der Waals surface area (Å²) in [4.78, 5) is 14.3. The van der Waals surface area contributed by atoms with Crippen LogP contribution in [0.2, 0.25) is 0 Å². The molecule has 0 fully saturated rings. The summed E-state index contributed by atoms with van der Waals surface area (Å²) in [5.41, 5.74) is 3.83. The molecule has 0 radical (unpaired) electrons. The van der Waals surface area contributed by atoms with Crippen molar-refractivity contribution in [1.82, 2.24) is 5.32 Å². The molecule has 30 heavy (non-hydrogen) atoms. The Morgan fingerprint density at radius 3 is 2.60 bits per heavy atom. The minimum Gasteiger partial charge on any atom is -0.487 e. The van der Waals surface area contributed by atoms with Crippen LogP contribution in [-0.2, 0) is 5.75 Å². The van der Waals surface area contributed by atoms with Gasteiger partial charge in [-0.2, -0.15) is 0 Å². The molecule has 1 aliphatic heterocycles. The van der Waals surface area contributed by atoms with Crippen LogP contribution >= 0.6 is 11.8 Å². The van der Waals surface area contributed by atoms with Crippen molar-refractivity contribution in [1.29, 1.82) is 0 Å². The average Bonchev–Trinajstić information content (AvgIpc) is 2.72. The zero-order valence-electron chi connectivity index (χ0n) is 17.6. The molecule has 1 heterocycles. The van der Waals surface area contributed by atoms with Gasteiger partial charge < -0.3 is 10.1 Å². The van der Waals surface area contributed by atoms with Crippen LogP contribution in [0.5, 0.6) is 5.75 Å². The van der Waals surface area contributed by atoms with E-state index in [0.29, 0.717) is 0 Å². The number of aryl methyl sites for hydroxylation is 1. The first-order valence-electron chi connectivity index (χ1n) is 10.3. The molecule has 1 atom stereocenters. The predicted molar refractivity (Wildman–Crippen MR) is 123 cm³/mol. The Hall–Kier alpha value is -2.72. The highest BCUT2D eigenvalue weighted by Crippen LogP contribution is 2.40. The van der Waals surface area contributed by atoms with Crippen molar-refractivity contribution in [2.45, 2.75) is 49.5 Å². The van der Waals surface area contributed by atoms with E-state index >= 15 is 0 Å². The zero-order chi connectivity index (χ0) is 21.1. The molecule has 3 aromatic rings. The van der Waals surface area contributed by atoms with Crippen molar-refractivity contribution in [3.8, 4) is 5.75 Å². The van der Waals surface area contributed by atoms with E-state index in [4.69, 9.17) is 4.74 Å². The van der Waals surface area contributed by atoms with Gasteiger partial charge in [0.25, 0.3) is 5.91 Å². The molecule has 1 amide bonds. The van der Waals surface area contributed by atoms with Gasteiger partial charge in [-0.05, 0) is 50.1 Å². The smallest absolute Gasteiger partial charge is 0.252 e. The van der Waals surface area contributed by atoms with E-state index < -0.39 is 0 Å². The maximum atomic E-state index is 13.3. The third kappa shape index (κ3) is 4.71. The standard InChI is InChI=1S/C26H27NO2S/c1-18-13-14-20-22(16-26(2,3)29-23(20)15-18)27-25(28)21-11-7-8-12-24(21)30-17-19-9-5-4-6-10-19/h4-15,22H,16-17H2,1-3H3,(H,27,28)/t22-/m0/s1. The van der Waals surface area contributed by atoms with Gasteiger partial charge in [0.05, 0.1) is 11.6 Å². The average molecular weight is 418 g/mol. The normalized spacial score (nSPS) is 17.0. The second kappa shape index (κ2) is 8.57. The summed E-state index contributed by atoms with van der Waals surface area (Å²) in [5.74, 6) is 1.65. The van der Waals surface area contributed by atoms with Crippen LogP contribution in [0, 0.1) is 6.92 Å². The molecular formula is C26H27NO2S. The first-order valence-corrected chi connectivity index (χ1v) is 11.3. The van der Waals surface area contributed by atoms with Crippen molar-refractivity contribution >= 4 is 17.7 Å². The molecule has 0 saturated heterocycles. The SMILES string of the molecule is Cc1ccc2c(c1)OC(C)(C)C[C@@H]2NC(=O)c1ccccc1SCc1ccccc1. The van der Waals surface area contributed by atoms with Crippen LogP contribution in [0.15, 0.2) is 77.7 Å². The van der Waals surface area contributed by atoms with Gasteiger partial charge in [-0.15, -0.1) is 11.8 Å². The number of amides is 1. The Bertz CT molecular complexity index is 1050. The number of hydrogen-bond acceptors (Lipinski definition) is 3. The van der Waals surface area contributed by atoms with Crippen LogP contribution in [0.3, 0.4) is 0 Å². The van der Waals surface area contributed by atoms with Crippen LogP contribution in [0.1, 0.15) is 53.4 Å². The van der Waals surface area contributed by atoms with E-state index in [1.165, 1.54) is 5.56 Å². The molecule has 0 saturated carbocycles. The first-order chi connectivity index (χ1) is 14.4. The molecule has 3 aromatic carbocycles. The summed E-state index contributed by atoms with van der Waals surface area (Å²) < 4.78 is 6.17. The van der Waals surface area contributed by atoms with Gasteiger partial charge >= 0.3 is 0 Å². The van der Waals surface area contributed by atoms with E-state index in [1.54, 1.807) is 11.8 Å². The van der Waals surface area contributed by atoms with Crippen LogP contribution < -0.4 is 10.1 Å². The fraction of sp³-hybridized carbons (Fsp3) is 0.269. The lowest BCUT2D eigenvalue weighted by Gasteiger charge is -2.38. The lowest BCUT2D eigenvalue weighted by atomic mass is 9.89. The van der Waals surface area contributed by atoms with E-state index in [9.17, 15) is 4.79 Å². The molecule has 154 valence electrons. The van der Waals surface area contributed by atoms with Gasteiger partial charge in [0, 0.05) is 22.6 Å². The summed E-state index contributed by atoms with van der Waals surface area (Å²) >= 11 is 1.69. The topological polar surface area (TPSA) is 38.3 Å². The number of carbonyl (C=O) groups is 1. The molecule has 3 nitrogen and oxygen atoms in total. The highest BCUT2D eigenvalue weighted by atomic mass is 32.2. The number of benzene rings is 3. The van der Waals surface area contributed by atoms with Gasteiger partial charge in [-0.25, -0.2) is 0 Å². The maximum absolute atomic E-state index is 13.3. The Balaban J connectivity index is 1.55. The van der Waals surface area contributed by atoms with Gasteiger partial charge in [-0.1, -0.05) is 54.6 Å². The molecule has 1 aliphatic rings. The number of ether oxygens (including phenoxy) is 1. The molecule has 0 bridgehead atoms. The summed E-state index contributed by atoms with van der Waals surface area (Å²) in [5, 5.41) is 3.27. The Morgan fingerprint density at radius 2 is 1.80 bits per heavy atom. The fourth-order valence-corrected chi connectivity index (χ4v) is 4.84. The molecule has 0 spiro atoms. The van der Waals surface area contributed by atoms with Crippen molar-refractivity contribution in [2.75, 3.05) is 0 Å². The van der Waals surface area contributed by atoms with E-state index in [1.807, 2.05) is 42.5 Å². The quantitative estimate of drug-likeness (QED) is 0.494. The Morgan fingerprint density at radius 1 is 1.07 bits per heavy atom. The third-order valence-electron chi connectivity index (χ3n) is 5.30. The van der Waals surface area contributed by atoms with Crippen molar-refractivity contribution in [3.05, 3.63) is 95.1 Å². The largest absolute Gasteiger partial charge is 0.487 e. The number of hydrogen-bond donors (Lipinski definition) is 1. The van der Waals surface area contributed by atoms with E-state index in [-0.39, 0.29) is 17.6 Å². The lowest BCUT2D eigenvalue weighted by molar-refractivity contribution is 0.0618. The zero-order valence-corrected chi connectivity index (χ0v) is 18.5. The molecule has 4 rings (SSSR count). The number of carbonyl (C=O) groups excluding carboxylic acids is 1. The number of nitrogens with one attached hydrogen (secondary N) is 1. The predicted octanol–water partition coefficient (Wildman–Crippen LogP) is 6.32. The Labute approximate surface area is 182 Å². The fourth-order valence-electron chi connectivity index (χ4n) is 3.84. The maximum Gasteiger partial charge on any atom is 0.252 e. The summed E-state index contributed by atoms with van der Waals surface area (Å²) in [6.45, 7) is 6.20. The number of fused-ring (bicyclic) bond motifs is 1. The Kier molecular flexibility index (Phi) is 5.87. The van der Waals surface area contributed by atoms with Crippen LogP contribution in [0.25, 0.3) is 0 Å². The number of thioether (sulfide) groups is 1. The second-order valence-electron chi connectivity index (χ2n) is 8.40. The summed E-state index contributed by atoms with van der Waals surface area (Å²) in [6.07, 6.45) is 0.730. The van der Waals surface area contributed by atoms with Crippen molar-refractivity contribution in [3.63, 3.8) is 0 Å². The highest BCUT2D eigenvalue weighted by Gasteiger charge is 2.34. The third-order valence-corrected chi connectivity index (χ3v) is 6.45. The molecule has 0 aromatic heterocycles. The van der Waals surface area contributed by atoms with Gasteiger partial charge in [0.15, 0.2) is 0 Å². The van der Waals surface area contributed by atoms with E-state index in [2.05, 4.69) is 56.4 Å². The summed E-state index contributed by atoms with van der Waals surface area (Å²) in [7, 11) is 0. The molecule has 0 aliphatic carbocycles. The monoisotopic (exact) mass is 417 g/mol. The minimum absolute atomic E-state index is 0.0413.